The number of carbonyl (C=O) groups is 1. The number of nitrogens with zero attached hydrogens (tertiary/aromatic N) is 4. The van der Waals surface area contributed by atoms with Gasteiger partial charge in [0.05, 0.1) is 25.3 Å². The zero-order valence-electron chi connectivity index (χ0n) is 16.0. The van der Waals surface area contributed by atoms with Gasteiger partial charge in [0.25, 0.3) is 5.91 Å². The van der Waals surface area contributed by atoms with Crippen LogP contribution in [0.4, 0.5) is 13.2 Å². The van der Waals surface area contributed by atoms with Crippen LogP contribution in [0.15, 0.2) is 30.3 Å². The summed E-state index contributed by atoms with van der Waals surface area (Å²) in [7, 11) is 1.55. The summed E-state index contributed by atoms with van der Waals surface area (Å²) in [6, 6.07) is 8.89. The third-order valence-electron chi connectivity index (χ3n) is 5.11. The van der Waals surface area contributed by atoms with E-state index in [1.165, 1.54) is 0 Å². The smallest absolute Gasteiger partial charge is 0.392 e. The Bertz CT molecular complexity index is 1060. The average Bonchev–Trinajstić information content (AvgIpc) is 3.38. The van der Waals surface area contributed by atoms with Crippen molar-refractivity contribution in [3.8, 4) is 17.0 Å². The van der Waals surface area contributed by atoms with Gasteiger partial charge < -0.3 is 14.6 Å². The van der Waals surface area contributed by atoms with Crippen molar-refractivity contribution in [1.82, 2.24) is 30.3 Å². The zero-order valence-corrected chi connectivity index (χ0v) is 16.0. The van der Waals surface area contributed by atoms with E-state index in [9.17, 15) is 18.0 Å². The fraction of sp³-hybridized carbons (Fsp3) is 0.368. The Kier molecular flexibility index (Phi) is 5.18. The summed E-state index contributed by atoms with van der Waals surface area (Å²) in [5.41, 5.74) is 1.53. The number of H-pyrrole nitrogens is 1. The molecule has 158 valence electrons. The normalized spacial score (nSPS) is 16.2. The molecular formula is C19H19F3N6O2. The molecule has 0 fully saturated rings. The first kappa shape index (κ1) is 19.9. The molecule has 2 aromatic heterocycles. The number of halogens is 3. The first-order valence-corrected chi connectivity index (χ1v) is 9.31. The van der Waals surface area contributed by atoms with E-state index in [0.29, 0.717) is 17.3 Å². The van der Waals surface area contributed by atoms with Gasteiger partial charge in [0, 0.05) is 18.5 Å². The van der Waals surface area contributed by atoms with Crippen LogP contribution in [0.25, 0.3) is 11.3 Å². The molecule has 11 heteroatoms. The molecule has 0 unspecified atom stereocenters. The van der Waals surface area contributed by atoms with Crippen LogP contribution in [0.5, 0.6) is 5.75 Å². The Balaban J connectivity index is 1.42. The Labute approximate surface area is 169 Å². The number of nitrogens with one attached hydrogen (secondary N) is 2. The molecule has 4 rings (SSSR count). The molecule has 1 atom stereocenters. The molecule has 2 N–H and O–H groups in total. The summed E-state index contributed by atoms with van der Waals surface area (Å²) < 4.78 is 45.7. The SMILES string of the molecule is COc1ccccc1-c1cc(C(=O)NCc2nnc3n2CC[C@@H](C(F)(F)F)C3)[nH]n1. The minimum absolute atomic E-state index is 0.0295. The lowest BCUT2D eigenvalue weighted by atomic mass is 9.97. The number of carbonyl (C=O) groups excluding carboxylic acids is 1. The second kappa shape index (κ2) is 7.81. The molecule has 1 aliphatic heterocycles. The molecule has 1 aliphatic rings. The maximum absolute atomic E-state index is 12.9. The monoisotopic (exact) mass is 420 g/mol. The molecule has 0 bridgehead atoms. The van der Waals surface area contributed by atoms with Gasteiger partial charge in [-0.25, -0.2) is 0 Å². The Morgan fingerprint density at radius 1 is 1.33 bits per heavy atom. The molecule has 3 aromatic rings. The van der Waals surface area contributed by atoms with Crippen molar-refractivity contribution in [2.45, 2.75) is 32.1 Å². The second-order valence-corrected chi connectivity index (χ2v) is 6.97. The highest BCUT2D eigenvalue weighted by Crippen LogP contribution is 2.34. The summed E-state index contributed by atoms with van der Waals surface area (Å²) >= 11 is 0. The third kappa shape index (κ3) is 3.87. The first-order valence-electron chi connectivity index (χ1n) is 9.31. The van der Waals surface area contributed by atoms with Crippen molar-refractivity contribution in [2.75, 3.05) is 7.11 Å². The van der Waals surface area contributed by atoms with E-state index >= 15 is 0 Å². The van der Waals surface area contributed by atoms with Crippen LogP contribution in [0, 0.1) is 5.92 Å². The largest absolute Gasteiger partial charge is 0.496 e. The molecule has 1 aromatic carbocycles. The van der Waals surface area contributed by atoms with Gasteiger partial charge in [-0.05, 0) is 24.6 Å². The predicted octanol–water partition coefficient (Wildman–Crippen LogP) is 2.73. The number of fused-ring (bicyclic) bond motifs is 1. The molecule has 0 saturated carbocycles. The predicted molar refractivity (Wildman–Crippen MR) is 99.6 cm³/mol. The minimum Gasteiger partial charge on any atom is -0.496 e. The molecule has 8 nitrogen and oxygen atoms in total. The summed E-state index contributed by atoms with van der Waals surface area (Å²) in [6.45, 7) is 0.214. The number of benzene rings is 1. The van der Waals surface area contributed by atoms with E-state index in [2.05, 4.69) is 25.7 Å². The van der Waals surface area contributed by atoms with Crippen LogP contribution in [-0.4, -0.2) is 44.2 Å². The Morgan fingerprint density at radius 2 is 2.13 bits per heavy atom. The highest BCUT2D eigenvalue weighted by Gasteiger charge is 2.42. The Hall–Kier alpha value is -3.37. The number of amides is 1. The average molecular weight is 420 g/mol. The van der Waals surface area contributed by atoms with Gasteiger partial charge in [-0.15, -0.1) is 10.2 Å². The molecule has 0 aliphatic carbocycles. The zero-order chi connectivity index (χ0) is 21.3. The molecule has 0 radical (unpaired) electrons. The van der Waals surface area contributed by atoms with Crippen molar-refractivity contribution in [3.05, 3.63) is 47.7 Å². The van der Waals surface area contributed by atoms with Gasteiger partial charge in [0.15, 0.2) is 5.82 Å². The summed E-state index contributed by atoms with van der Waals surface area (Å²) in [5.74, 6) is -0.487. The van der Waals surface area contributed by atoms with Crippen molar-refractivity contribution in [1.29, 1.82) is 0 Å². The van der Waals surface area contributed by atoms with Gasteiger partial charge >= 0.3 is 6.18 Å². The van der Waals surface area contributed by atoms with Gasteiger partial charge in [-0.3, -0.25) is 9.89 Å². The lowest BCUT2D eigenvalue weighted by molar-refractivity contribution is -0.179. The van der Waals surface area contributed by atoms with Crippen LogP contribution in [0.3, 0.4) is 0 Å². The topological polar surface area (TPSA) is 97.7 Å². The molecule has 0 saturated heterocycles. The van der Waals surface area contributed by atoms with E-state index in [0.717, 1.165) is 5.56 Å². The number of aromatic nitrogens is 5. The second-order valence-electron chi connectivity index (χ2n) is 6.97. The third-order valence-corrected chi connectivity index (χ3v) is 5.11. The van der Waals surface area contributed by atoms with Gasteiger partial charge in [-0.1, -0.05) is 12.1 Å². The lowest BCUT2D eigenvalue weighted by Crippen LogP contribution is -2.32. The van der Waals surface area contributed by atoms with Crippen molar-refractivity contribution < 1.29 is 22.7 Å². The molecule has 1 amide bonds. The number of para-hydroxylation sites is 1. The van der Waals surface area contributed by atoms with E-state index in [1.807, 2.05) is 18.2 Å². The highest BCUT2D eigenvalue weighted by atomic mass is 19.4. The van der Waals surface area contributed by atoms with E-state index < -0.39 is 18.0 Å². The summed E-state index contributed by atoms with van der Waals surface area (Å²) in [4.78, 5) is 12.5. The molecule has 0 spiro atoms. The van der Waals surface area contributed by atoms with Crippen LogP contribution in [-0.2, 0) is 19.5 Å². The molecule has 30 heavy (non-hydrogen) atoms. The van der Waals surface area contributed by atoms with Gasteiger partial charge in [0.1, 0.15) is 17.3 Å². The lowest BCUT2D eigenvalue weighted by Gasteiger charge is -2.25. The fourth-order valence-corrected chi connectivity index (χ4v) is 3.49. The fourth-order valence-electron chi connectivity index (χ4n) is 3.49. The number of ether oxygens (including phenoxy) is 1. The van der Waals surface area contributed by atoms with Crippen LogP contribution in [0.2, 0.25) is 0 Å². The maximum Gasteiger partial charge on any atom is 0.392 e. The van der Waals surface area contributed by atoms with E-state index in [-0.39, 0.29) is 37.4 Å². The van der Waals surface area contributed by atoms with Crippen molar-refractivity contribution in [2.24, 2.45) is 5.92 Å². The molecule has 3 heterocycles. The quantitative estimate of drug-likeness (QED) is 0.662. The number of hydrogen-bond acceptors (Lipinski definition) is 5. The van der Waals surface area contributed by atoms with Crippen LogP contribution < -0.4 is 10.1 Å². The van der Waals surface area contributed by atoms with Crippen molar-refractivity contribution >= 4 is 5.91 Å². The van der Waals surface area contributed by atoms with Gasteiger partial charge in [0.2, 0.25) is 0 Å². The van der Waals surface area contributed by atoms with Crippen LogP contribution >= 0.6 is 0 Å². The first-order chi connectivity index (χ1) is 14.4. The number of hydrogen-bond donors (Lipinski definition) is 2. The summed E-state index contributed by atoms with van der Waals surface area (Å²) in [6.07, 6.45) is -4.48. The Morgan fingerprint density at radius 3 is 2.90 bits per heavy atom. The summed E-state index contributed by atoms with van der Waals surface area (Å²) in [5, 5.41) is 17.3. The number of rotatable bonds is 5. The van der Waals surface area contributed by atoms with Crippen LogP contribution in [0.1, 0.15) is 28.6 Å². The number of methoxy groups -OCH3 is 1. The minimum atomic E-state index is -4.24. The standard InChI is InChI=1S/C19H19F3N6O2/c1-30-15-5-3-2-4-12(15)13-9-14(25-24-13)18(29)23-10-17-27-26-16-8-11(19(20,21)22)6-7-28(16)17/h2-5,9,11H,6-8,10H2,1H3,(H,23,29)(H,24,25)/t11-/m1/s1. The molecular weight excluding hydrogens is 401 g/mol. The van der Waals surface area contributed by atoms with E-state index in [1.54, 1.807) is 23.8 Å². The highest BCUT2D eigenvalue weighted by molar-refractivity contribution is 5.93. The van der Waals surface area contributed by atoms with Gasteiger partial charge in [-0.2, -0.15) is 18.3 Å². The van der Waals surface area contributed by atoms with Crippen molar-refractivity contribution in [3.63, 3.8) is 0 Å². The number of alkyl halides is 3. The number of aromatic amines is 1. The van der Waals surface area contributed by atoms with E-state index in [4.69, 9.17) is 4.74 Å². The maximum atomic E-state index is 12.9.